The molecule has 1 aliphatic heterocycles. The molecule has 4 heteroatoms. The number of likely N-dealkylation sites (tertiary alicyclic amines) is 1. The van der Waals surface area contributed by atoms with E-state index in [0.29, 0.717) is 5.92 Å². The van der Waals surface area contributed by atoms with Gasteiger partial charge in [0.1, 0.15) is 0 Å². The van der Waals surface area contributed by atoms with Crippen molar-refractivity contribution in [1.82, 2.24) is 4.90 Å². The van der Waals surface area contributed by atoms with Crippen molar-refractivity contribution < 1.29 is 5.11 Å². The molecule has 1 fully saturated rings. The Hall–Kier alpha value is -0.580. The van der Waals surface area contributed by atoms with E-state index in [1.807, 2.05) is 18.2 Å². The van der Waals surface area contributed by atoms with Gasteiger partial charge in [0.15, 0.2) is 0 Å². The van der Waals surface area contributed by atoms with Gasteiger partial charge in [-0.25, -0.2) is 0 Å². The lowest BCUT2D eigenvalue weighted by Crippen LogP contribution is -2.42. The number of anilines is 1. The molecule has 0 spiro atoms. The molecule has 0 aromatic heterocycles. The third-order valence-electron chi connectivity index (χ3n) is 3.47. The number of hydrogen-bond donors (Lipinski definition) is 2. The Morgan fingerprint density at radius 3 is 2.94 bits per heavy atom. The SMILES string of the molecule is CC1CCN(Cc2ccc(N)cc2Br)CC1O. The van der Waals surface area contributed by atoms with Crippen LogP contribution < -0.4 is 5.73 Å². The van der Waals surface area contributed by atoms with Crippen LogP contribution in [0.3, 0.4) is 0 Å². The van der Waals surface area contributed by atoms with Gasteiger partial charge in [0, 0.05) is 23.2 Å². The quantitative estimate of drug-likeness (QED) is 0.823. The minimum atomic E-state index is -0.198. The summed E-state index contributed by atoms with van der Waals surface area (Å²) >= 11 is 3.53. The van der Waals surface area contributed by atoms with Gasteiger partial charge in [0.05, 0.1) is 6.10 Å². The van der Waals surface area contributed by atoms with Crippen molar-refractivity contribution in [1.29, 1.82) is 0 Å². The maximum Gasteiger partial charge on any atom is 0.0693 e. The van der Waals surface area contributed by atoms with Crippen LogP contribution in [0, 0.1) is 5.92 Å². The van der Waals surface area contributed by atoms with Gasteiger partial charge in [0.2, 0.25) is 0 Å². The lowest BCUT2D eigenvalue weighted by Gasteiger charge is -2.34. The van der Waals surface area contributed by atoms with Crippen LogP contribution in [0.2, 0.25) is 0 Å². The molecule has 0 aliphatic carbocycles. The maximum absolute atomic E-state index is 9.87. The fourth-order valence-corrected chi connectivity index (χ4v) is 2.71. The number of benzene rings is 1. The van der Waals surface area contributed by atoms with Crippen molar-refractivity contribution in [2.24, 2.45) is 5.92 Å². The third-order valence-corrected chi connectivity index (χ3v) is 4.21. The predicted molar refractivity (Wildman–Crippen MR) is 73.6 cm³/mol. The minimum Gasteiger partial charge on any atom is -0.399 e. The Morgan fingerprint density at radius 2 is 2.29 bits per heavy atom. The molecule has 1 aromatic rings. The highest BCUT2D eigenvalue weighted by atomic mass is 79.9. The number of halogens is 1. The molecule has 1 aliphatic rings. The van der Waals surface area contributed by atoms with E-state index in [4.69, 9.17) is 5.73 Å². The molecule has 1 aromatic carbocycles. The molecule has 17 heavy (non-hydrogen) atoms. The fourth-order valence-electron chi connectivity index (χ4n) is 2.19. The van der Waals surface area contributed by atoms with E-state index in [-0.39, 0.29) is 6.10 Å². The minimum absolute atomic E-state index is 0.198. The van der Waals surface area contributed by atoms with Crippen LogP contribution in [-0.4, -0.2) is 29.2 Å². The number of aliphatic hydroxyl groups excluding tert-OH is 1. The Kier molecular flexibility index (Phi) is 4.07. The molecular formula is C13H19BrN2O. The first-order valence-corrected chi connectivity index (χ1v) is 6.80. The van der Waals surface area contributed by atoms with Crippen LogP contribution in [0.1, 0.15) is 18.9 Å². The molecule has 2 atom stereocenters. The summed E-state index contributed by atoms with van der Waals surface area (Å²) in [4.78, 5) is 2.29. The fraction of sp³-hybridized carbons (Fsp3) is 0.538. The van der Waals surface area contributed by atoms with E-state index in [0.717, 1.165) is 36.2 Å². The first-order chi connectivity index (χ1) is 8.06. The van der Waals surface area contributed by atoms with Gasteiger partial charge < -0.3 is 10.8 Å². The number of nitrogens with two attached hydrogens (primary N) is 1. The van der Waals surface area contributed by atoms with Gasteiger partial charge >= 0.3 is 0 Å². The second-order valence-corrected chi connectivity index (χ2v) is 5.77. The molecule has 2 unspecified atom stereocenters. The standard InChI is InChI=1S/C13H19BrN2O/c1-9-4-5-16(8-13(9)17)7-10-2-3-11(15)6-12(10)14/h2-3,6,9,13,17H,4-5,7-8,15H2,1H3. The van der Waals surface area contributed by atoms with E-state index in [1.165, 1.54) is 5.56 Å². The zero-order chi connectivity index (χ0) is 12.4. The highest BCUT2D eigenvalue weighted by Gasteiger charge is 2.24. The molecule has 94 valence electrons. The average molecular weight is 299 g/mol. The normalized spacial score (nSPS) is 26.1. The molecule has 3 nitrogen and oxygen atoms in total. The Labute approximate surface area is 111 Å². The molecule has 0 radical (unpaired) electrons. The number of piperidine rings is 1. The molecule has 1 heterocycles. The average Bonchev–Trinajstić information content (AvgIpc) is 2.27. The van der Waals surface area contributed by atoms with Crippen molar-refractivity contribution in [2.45, 2.75) is 26.0 Å². The number of hydrogen-bond acceptors (Lipinski definition) is 3. The number of nitrogens with zero attached hydrogens (tertiary/aromatic N) is 1. The van der Waals surface area contributed by atoms with Crippen molar-refractivity contribution in [3.05, 3.63) is 28.2 Å². The Bertz CT molecular complexity index is 397. The number of aliphatic hydroxyl groups is 1. The van der Waals surface area contributed by atoms with E-state index in [1.54, 1.807) is 0 Å². The van der Waals surface area contributed by atoms with Crippen LogP contribution >= 0.6 is 15.9 Å². The Morgan fingerprint density at radius 1 is 1.53 bits per heavy atom. The molecule has 3 N–H and O–H groups in total. The molecule has 0 saturated carbocycles. The van der Waals surface area contributed by atoms with Crippen molar-refractivity contribution in [2.75, 3.05) is 18.8 Å². The van der Waals surface area contributed by atoms with Crippen molar-refractivity contribution in [3.63, 3.8) is 0 Å². The van der Waals surface area contributed by atoms with Crippen molar-refractivity contribution in [3.8, 4) is 0 Å². The van der Waals surface area contributed by atoms with Crippen LogP contribution in [-0.2, 0) is 6.54 Å². The van der Waals surface area contributed by atoms with Gasteiger partial charge in [-0.15, -0.1) is 0 Å². The van der Waals surface area contributed by atoms with Crippen molar-refractivity contribution >= 4 is 21.6 Å². The molecular weight excluding hydrogens is 280 g/mol. The zero-order valence-corrected chi connectivity index (χ0v) is 11.7. The summed E-state index contributed by atoms with van der Waals surface area (Å²) in [7, 11) is 0. The maximum atomic E-state index is 9.87. The summed E-state index contributed by atoms with van der Waals surface area (Å²) < 4.78 is 1.05. The first kappa shape index (κ1) is 12.9. The van der Waals surface area contributed by atoms with Crippen LogP contribution in [0.25, 0.3) is 0 Å². The van der Waals surface area contributed by atoms with E-state index >= 15 is 0 Å². The Balaban J connectivity index is 2.01. The first-order valence-electron chi connectivity index (χ1n) is 6.00. The van der Waals surface area contributed by atoms with E-state index in [2.05, 4.69) is 27.8 Å². The number of nitrogen functional groups attached to an aromatic ring is 1. The summed E-state index contributed by atoms with van der Waals surface area (Å²) in [6, 6.07) is 5.89. The molecule has 0 amide bonds. The predicted octanol–water partition coefficient (Wildman–Crippen LogP) is 2.23. The number of rotatable bonds is 2. The monoisotopic (exact) mass is 298 g/mol. The second-order valence-electron chi connectivity index (χ2n) is 4.92. The highest BCUT2D eigenvalue weighted by Crippen LogP contribution is 2.24. The van der Waals surface area contributed by atoms with Gasteiger partial charge in [-0.3, -0.25) is 4.90 Å². The van der Waals surface area contributed by atoms with Gasteiger partial charge in [-0.1, -0.05) is 28.9 Å². The summed E-state index contributed by atoms with van der Waals surface area (Å²) in [6.07, 6.45) is 0.865. The lowest BCUT2D eigenvalue weighted by molar-refractivity contribution is 0.0258. The van der Waals surface area contributed by atoms with Crippen LogP contribution in [0.15, 0.2) is 22.7 Å². The highest BCUT2D eigenvalue weighted by molar-refractivity contribution is 9.10. The topological polar surface area (TPSA) is 49.5 Å². The van der Waals surface area contributed by atoms with Crippen LogP contribution in [0.5, 0.6) is 0 Å². The van der Waals surface area contributed by atoms with Gasteiger partial charge in [-0.05, 0) is 36.6 Å². The largest absolute Gasteiger partial charge is 0.399 e. The summed E-state index contributed by atoms with van der Waals surface area (Å²) in [5.41, 5.74) is 7.71. The van der Waals surface area contributed by atoms with E-state index < -0.39 is 0 Å². The number of β-amino-alcohol motifs (C(OH)–C–C–N with tert-alkyl or cyclic N) is 1. The summed E-state index contributed by atoms with van der Waals surface area (Å²) in [5, 5.41) is 9.87. The summed E-state index contributed by atoms with van der Waals surface area (Å²) in [5.74, 6) is 0.418. The summed E-state index contributed by atoms with van der Waals surface area (Å²) in [6.45, 7) is 4.79. The smallest absolute Gasteiger partial charge is 0.0693 e. The molecule has 2 rings (SSSR count). The zero-order valence-electron chi connectivity index (χ0n) is 10.1. The van der Waals surface area contributed by atoms with Gasteiger partial charge in [-0.2, -0.15) is 0 Å². The molecule has 0 bridgehead atoms. The third kappa shape index (κ3) is 3.21. The second kappa shape index (κ2) is 5.38. The molecule has 1 saturated heterocycles. The van der Waals surface area contributed by atoms with Gasteiger partial charge in [0.25, 0.3) is 0 Å². The van der Waals surface area contributed by atoms with Crippen LogP contribution in [0.4, 0.5) is 5.69 Å². The lowest BCUT2D eigenvalue weighted by atomic mass is 9.96. The van der Waals surface area contributed by atoms with E-state index in [9.17, 15) is 5.11 Å².